The van der Waals surface area contributed by atoms with Crippen molar-refractivity contribution >= 4 is 50.2 Å². The molecule has 3 aromatic rings. The van der Waals surface area contributed by atoms with Crippen LogP contribution in [0.5, 0.6) is 0 Å². The lowest BCUT2D eigenvalue weighted by Gasteiger charge is -2.07. The zero-order valence-corrected chi connectivity index (χ0v) is 16.0. The first-order chi connectivity index (χ1) is 11.9. The molecule has 0 bridgehead atoms. The van der Waals surface area contributed by atoms with Gasteiger partial charge in [-0.05, 0) is 42.6 Å². The first-order valence-corrected chi connectivity index (χ1v) is 10.5. The lowest BCUT2D eigenvalue weighted by molar-refractivity contribution is 0.0948. The molecule has 130 valence electrons. The smallest absolute Gasteiger partial charge is 0.273 e. The molecule has 3 rings (SSSR count). The molecule has 10 heteroatoms. The molecule has 2 heterocycles. The maximum atomic E-state index is 12.3. The number of amides is 1. The molecular weight excluding hydrogens is 402 g/mol. The number of hydrazine groups is 1. The fourth-order valence-corrected chi connectivity index (χ4v) is 4.68. The van der Waals surface area contributed by atoms with E-state index < -0.39 is 15.9 Å². The van der Waals surface area contributed by atoms with E-state index in [0.29, 0.717) is 15.6 Å². The van der Waals surface area contributed by atoms with E-state index in [1.807, 2.05) is 17.5 Å². The van der Waals surface area contributed by atoms with Crippen LogP contribution in [0.2, 0.25) is 5.02 Å². The van der Waals surface area contributed by atoms with Crippen molar-refractivity contribution in [3.8, 4) is 9.88 Å². The third-order valence-electron chi connectivity index (χ3n) is 3.16. The molecule has 0 aliphatic heterocycles. The number of hydrogen-bond acceptors (Lipinski definition) is 6. The van der Waals surface area contributed by atoms with Gasteiger partial charge in [-0.2, -0.15) is 0 Å². The highest BCUT2D eigenvalue weighted by Gasteiger charge is 2.20. The van der Waals surface area contributed by atoms with Gasteiger partial charge in [-0.3, -0.25) is 10.2 Å². The minimum atomic E-state index is -3.88. The second kappa shape index (κ2) is 7.22. The highest BCUT2D eigenvalue weighted by Crippen LogP contribution is 2.30. The van der Waals surface area contributed by atoms with Crippen LogP contribution in [0.3, 0.4) is 0 Å². The number of nitrogens with zero attached hydrogens (tertiary/aromatic N) is 1. The molecule has 0 fully saturated rings. The SMILES string of the molecule is Cc1nc(-c2cccs2)sc1C(=O)NNS(=O)(=O)c1ccc(Cl)cc1. The molecule has 0 aliphatic rings. The molecule has 2 N–H and O–H groups in total. The van der Waals surface area contributed by atoms with Gasteiger partial charge >= 0.3 is 0 Å². The second-order valence-electron chi connectivity index (χ2n) is 4.92. The van der Waals surface area contributed by atoms with E-state index in [9.17, 15) is 13.2 Å². The Kier molecular flexibility index (Phi) is 5.21. The summed E-state index contributed by atoms with van der Waals surface area (Å²) >= 11 is 8.47. The van der Waals surface area contributed by atoms with Crippen molar-refractivity contribution in [1.29, 1.82) is 0 Å². The molecule has 0 saturated carbocycles. The normalized spacial score (nSPS) is 11.4. The third-order valence-corrected chi connectivity index (χ3v) is 6.87. The zero-order valence-electron chi connectivity index (χ0n) is 12.8. The number of aryl methyl sites for hydroxylation is 1. The molecule has 1 aromatic carbocycles. The second-order valence-corrected chi connectivity index (χ2v) is 8.99. The monoisotopic (exact) mass is 413 g/mol. The molecule has 0 saturated heterocycles. The number of sulfonamides is 1. The number of carbonyl (C=O) groups excluding carboxylic acids is 1. The van der Waals surface area contributed by atoms with Gasteiger partial charge in [-0.25, -0.2) is 13.4 Å². The summed E-state index contributed by atoms with van der Waals surface area (Å²) < 4.78 is 24.4. The van der Waals surface area contributed by atoms with E-state index in [2.05, 4.69) is 15.2 Å². The molecule has 2 aromatic heterocycles. The lowest BCUT2D eigenvalue weighted by Crippen LogP contribution is -2.41. The number of hydrogen-bond donors (Lipinski definition) is 2. The van der Waals surface area contributed by atoms with Gasteiger partial charge in [0.15, 0.2) is 0 Å². The van der Waals surface area contributed by atoms with Crippen LogP contribution in [0, 0.1) is 6.92 Å². The zero-order chi connectivity index (χ0) is 18.0. The Balaban J connectivity index is 1.73. The van der Waals surface area contributed by atoms with Crippen LogP contribution < -0.4 is 10.3 Å². The van der Waals surface area contributed by atoms with Gasteiger partial charge in [0, 0.05) is 5.02 Å². The predicted molar refractivity (Wildman–Crippen MR) is 99.4 cm³/mol. The average Bonchev–Trinajstić information content (AvgIpc) is 3.22. The quantitative estimate of drug-likeness (QED) is 0.627. The largest absolute Gasteiger partial charge is 0.278 e. The van der Waals surface area contributed by atoms with Crippen LogP contribution in [0.25, 0.3) is 9.88 Å². The van der Waals surface area contributed by atoms with Crippen molar-refractivity contribution in [3.63, 3.8) is 0 Å². The summed E-state index contributed by atoms with van der Waals surface area (Å²) in [6.07, 6.45) is 0. The Morgan fingerprint density at radius 3 is 2.56 bits per heavy atom. The maximum absolute atomic E-state index is 12.3. The van der Waals surface area contributed by atoms with Gasteiger partial charge in [0.2, 0.25) is 0 Å². The van der Waals surface area contributed by atoms with Crippen LogP contribution in [0.1, 0.15) is 15.4 Å². The van der Waals surface area contributed by atoms with Gasteiger partial charge in [0.05, 0.1) is 15.5 Å². The molecule has 25 heavy (non-hydrogen) atoms. The Labute approximate surface area is 157 Å². The number of benzene rings is 1. The topological polar surface area (TPSA) is 88.2 Å². The standard InChI is InChI=1S/C15H12ClN3O3S3/c1-9-13(24-15(17-9)12-3-2-8-23-12)14(20)18-19-25(21,22)11-6-4-10(16)5-7-11/h2-8,19H,1H3,(H,18,20). The van der Waals surface area contributed by atoms with Gasteiger partial charge in [0.25, 0.3) is 15.9 Å². The number of carbonyl (C=O) groups is 1. The summed E-state index contributed by atoms with van der Waals surface area (Å²) in [5.74, 6) is -0.560. The number of thiophene rings is 1. The summed E-state index contributed by atoms with van der Waals surface area (Å²) in [4.78, 5) is 20.0. The summed E-state index contributed by atoms with van der Waals surface area (Å²) in [7, 11) is -3.88. The minimum Gasteiger partial charge on any atom is -0.273 e. The number of thiazole rings is 1. The van der Waals surface area contributed by atoms with Crippen molar-refractivity contribution in [2.24, 2.45) is 0 Å². The van der Waals surface area contributed by atoms with E-state index >= 15 is 0 Å². The first kappa shape index (κ1) is 18.0. The Bertz CT molecular complexity index is 997. The summed E-state index contributed by atoms with van der Waals surface area (Å²) in [5, 5.41) is 3.06. The van der Waals surface area contributed by atoms with E-state index in [1.165, 1.54) is 46.9 Å². The van der Waals surface area contributed by atoms with Crippen LogP contribution in [-0.2, 0) is 10.0 Å². The van der Waals surface area contributed by atoms with Crippen LogP contribution in [0.15, 0.2) is 46.7 Å². The molecular formula is C15H12ClN3O3S3. The van der Waals surface area contributed by atoms with Gasteiger partial charge < -0.3 is 0 Å². The minimum absolute atomic E-state index is 0.00231. The summed E-state index contributed by atoms with van der Waals surface area (Å²) in [5.41, 5.74) is 2.75. The number of nitrogens with one attached hydrogen (secondary N) is 2. The molecule has 6 nitrogen and oxygen atoms in total. The van der Waals surface area contributed by atoms with Crippen molar-refractivity contribution in [2.75, 3.05) is 0 Å². The predicted octanol–water partition coefficient (Wildman–Crippen LogP) is 3.46. The highest BCUT2D eigenvalue weighted by atomic mass is 35.5. The van der Waals surface area contributed by atoms with Gasteiger partial charge in [-0.1, -0.05) is 17.7 Å². The summed E-state index contributed by atoms with van der Waals surface area (Å²) in [6, 6.07) is 9.43. The van der Waals surface area contributed by atoms with Crippen molar-refractivity contribution in [3.05, 3.63) is 57.4 Å². The lowest BCUT2D eigenvalue weighted by atomic mass is 10.4. The molecule has 0 unspecified atom stereocenters. The Morgan fingerprint density at radius 1 is 1.20 bits per heavy atom. The molecule has 0 spiro atoms. The fourth-order valence-electron chi connectivity index (χ4n) is 1.96. The molecule has 0 atom stereocenters. The van der Waals surface area contributed by atoms with Crippen LogP contribution in [-0.4, -0.2) is 19.3 Å². The van der Waals surface area contributed by atoms with Crippen molar-refractivity contribution in [2.45, 2.75) is 11.8 Å². The molecule has 0 aliphatic carbocycles. The highest BCUT2D eigenvalue weighted by molar-refractivity contribution is 7.89. The average molecular weight is 414 g/mol. The van der Waals surface area contributed by atoms with Crippen LogP contribution >= 0.6 is 34.3 Å². The van der Waals surface area contributed by atoms with E-state index in [1.54, 1.807) is 6.92 Å². The van der Waals surface area contributed by atoms with E-state index in [0.717, 1.165) is 9.88 Å². The van der Waals surface area contributed by atoms with Crippen molar-refractivity contribution < 1.29 is 13.2 Å². The Hall–Kier alpha value is -1.78. The number of rotatable bonds is 5. The van der Waals surface area contributed by atoms with Crippen LogP contribution in [0.4, 0.5) is 0 Å². The Morgan fingerprint density at radius 2 is 1.92 bits per heavy atom. The molecule has 1 amide bonds. The summed E-state index contributed by atoms with van der Waals surface area (Å²) in [6.45, 7) is 1.70. The van der Waals surface area contributed by atoms with Gasteiger partial charge in [0.1, 0.15) is 9.88 Å². The fraction of sp³-hybridized carbons (Fsp3) is 0.0667. The third kappa shape index (κ3) is 4.07. The first-order valence-electron chi connectivity index (χ1n) is 6.96. The maximum Gasteiger partial charge on any atom is 0.278 e. The molecule has 0 radical (unpaired) electrons. The van der Waals surface area contributed by atoms with E-state index in [4.69, 9.17) is 11.6 Å². The van der Waals surface area contributed by atoms with Crippen molar-refractivity contribution in [1.82, 2.24) is 15.2 Å². The number of aromatic nitrogens is 1. The van der Waals surface area contributed by atoms with Gasteiger partial charge in [-0.15, -0.1) is 27.5 Å². The van der Waals surface area contributed by atoms with E-state index in [-0.39, 0.29) is 4.90 Å². The number of halogens is 1.